The first-order valence-corrected chi connectivity index (χ1v) is 10.5. The van der Waals surface area contributed by atoms with E-state index < -0.39 is 5.97 Å². The lowest BCUT2D eigenvalue weighted by atomic mass is 10.1. The van der Waals surface area contributed by atoms with Crippen molar-refractivity contribution in [1.29, 1.82) is 0 Å². The Morgan fingerprint density at radius 2 is 1.67 bits per heavy atom. The van der Waals surface area contributed by atoms with Crippen molar-refractivity contribution < 1.29 is 9.90 Å². The number of likely N-dealkylation sites (N-methyl/N-ethyl adjacent to an activating group) is 2. The number of piperazine rings is 2. The Kier molecular flexibility index (Phi) is 7.98. The number of nitrogens with zero attached hydrogens (tertiary/aromatic N) is 5. The molecule has 4 rings (SSSR count). The zero-order chi connectivity index (χ0) is 21.5. The molecule has 1 aromatic heterocycles. The average molecular weight is 433 g/mol. The highest BCUT2D eigenvalue weighted by molar-refractivity contribution is 6.33. The number of nitrogens with one attached hydrogen (secondary N) is 1. The lowest BCUT2D eigenvalue weighted by Crippen LogP contribution is -2.45. The highest BCUT2D eigenvalue weighted by Gasteiger charge is 2.21. The van der Waals surface area contributed by atoms with Gasteiger partial charge in [-0.1, -0.05) is 29.8 Å². The number of benzene rings is 1. The van der Waals surface area contributed by atoms with Gasteiger partial charge in [-0.25, -0.2) is 14.8 Å². The second kappa shape index (κ2) is 10.7. The summed E-state index contributed by atoms with van der Waals surface area (Å²) >= 11 is 6.22. The lowest BCUT2D eigenvalue weighted by molar-refractivity contribution is 0.0697. The van der Waals surface area contributed by atoms with Crippen LogP contribution < -0.4 is 10.2 Å². The molecule has 0 spiro atoms. The summed E-state index contributed by atoms with van der Waals surface area (Å²) in [5.41, 5.74) is 1.01. The Labute approximate surface area is 182 Å². The second-order valence-corrected chi connectivity index (χ2v) is 7.97. The molecule has 2 aliphatic rings. The second-order valence-electron chi connectivity index (χ2n) is 7.56. The van der Waals surface area contributed by atoms with E-state index in [1.807, 2.05) is 6.07 Å². The molecule has 2 N–H and O–H groups in total. The standard InChI is InChI=1S/C16H17ClN4O2.C5H12N2/c1-20-6-8-21(9-7-20)16-18-10-12(15(22)23)14(19-16)11-4-2-3-5-13(11)17;1-7-4-2-6-3-5-7/h2-5,10H,6-9H2,1H3,(H,22,23);6H,2-5H2,1H3. The molecule has 9 heteroatoms. The van der Waals surface area contributed by atoms with Gasteiger partial charge in [0.15, 0.2) is 0 Å². The number of anilines is 1. The highest BCUT2D eigenvalue weighted by Crippen LogP contribution is 2.30. The molecule has 0 aliphatic carbocycles. The number of aromatic carboxylic acids is 1. The number of hydrogen-bond acceptors (Lipinski definition) is 7. The van der Waals surface area contributed by atoms with Crippen LogP contribution in [0.2, 0.25) is 5.02 Å². The average Bonchev–Trinajstić information content (AvgIpc) is 2.75. The fraction of sp³-hybridized carbons (Fsp3) is 0.476. The predicted octanol–water partition coefficient (Wildman–Crippen LogP) is 1.77. The Bertz CT molecular complexity index is 851. The quantitative estimate of drug-likeness (QED) is 0.759. The van der Waals surface area contributed by atoms with Crippen LogP contribution in [0, 0.1) is 0 Å². The van der Waals surface area contributed by atoms with Crippen LogP contribution in [0.1, 0.15) is 10.4 Å². The highest BCUT2D eigenvalue weighted by atomic mass is 35.5. The molecule has 30 heavy (non-hydrogen) atoms. The monoisotopic (exact) mass is 432 g/mol. The number of rotatable bonds is 3. The van der Waals surface area contributed by atoms with Gasteiger partial charge in [0, 0.05) is 69.1 Å². The molecule has 0 amide bonds. The summed E-state index contributed by atoms with van der Waals surface area (Å²) in [6, 6.07) is 7.10. The van der Waals surface area contributed by atoms with Crippen molar-refractivity contribution in [3.05, 3.63) is 41.0 Å². The van der Waals surface area contributed by atoms with E-state index in [1.165, 1.54) is 19.3 Å². The van der Waals surface area contributed by atoms with Gasteiger partial charge in [0.1, 0.15) is 5.56 Å². The largest absolute Gasteiger partial charge is 0.478 e. The summed E-state index contributed by atoms with van der Waals surface area (Å²) in [4.78, 5) is 26.9. The van der Waals surface area contributed by atoms with Crippen molar-refractivity contribution in [2.45, 2.75) is 0 Å². The minimum absolute atomic E-state index is 0.0518. The SMILES string of the molecule is CN1CCN(c2ncc(C(=O)O)c(-c3ccccc3Cl)n2)CC1.CN1CCNCC1. The first-order chi connectivity index (χ1) is 14.5. The summed E-state index contributed by atoms with van der Waals surface area (Å²) < 4.78 is 0. The third kappa shape index (κ3) is 5.89. The van der Waals surface area contributed by atoms with Gasteiger partial charge in [0.25, 0.3) is 0 Å². The van der Waals surface area contributed by atoms with Crippen LogP contribution in [0.3, 0.4) is 0 Å². The van der Waals surface area contributed by atoms with Crippen molar-refractivity contribution in [2.75, 3.05) is 71.4 Å². The molecular weight excluding hydrogens is 404 g/mol. The first-order valence-electron chi connectivity index (χ1n) is 10.1. The predicted molar refractivity (Wildman–Crippen MR) is 120 cm³/mol. The minimum atomic E-state index is -1.06. The van der Waals surface area contributed by atoms with Gasteiger partial charge in [-0.3, -0.25) is 0 Å². The van der Waals surface area contributed by atoms with Crippen molar-refractivity contribution in [3.8, 4) is 11.3 Å². The van der Waals surface area contributed by atoms with Crippen molar-refractivity contribution in [1.82, 2.24) is 25.1 Å². The van der Waals surface area contributed by atoms with Gasteiger partial charge in [0.05, 0.1) is 5.69 Å². The van der Waals surface area contributed by atoms with E-state index in [-0.39, 0.29) is 5.56 Å². The molecule has 2 aromatic rings. The third-order valence-electron chi connectivity index (χ3n) is 5.26. The molecule has 2 fully saturated rings. The Morgan fingerprint density at radius 3 is 2.23 bits per heavy atom. The Hall–Kier alpha value is -2.26. The molecule has 2 aliphatic heterocycles. The number of halogens is 1. The summed E-state index contributed by atoms with van der Waals surface area (Å²) in [6.45, 7) is 8.21. The van der Waals surface area contributed by atoms with Gasteiger partial charge in [-0.2, -0.15) is 0 Å². The van der Waals surface area contributed by atoms with Crippen LogP contribution in [-0.2, 0) is 0 Å². The van der Waals surface area contributed by atoms with Crippen molar-refractivity contribution in [3.63, 3.8) is 0 Å². The summed E-state index contributed by atoms with van der Waals surface area (Å²) in [5, 5.41) is 13.2. The van der Waals surface area contributed by atoms with E-state index in [9.17, 15) is 9.90 Å². The zero-order valence-electron chi connectivity index (χ0n) is 17.5. The fourth-order valence-corrected chi connectivity index (χ4v) is 3.55. The molecule has 0 atom stereocenters. The van der Waals surface area contributed by atoms with Crippen LogP contribution in [0.4, 0.5) is 5.95 Å². The fourth-order valence-electron chi connectivity index (χ4n) is 3.32. The minimum Gasteiger partial charge on any atom is -0.478 e. The van der Waals surface area contributed by atoms with Crippen LogP contribution in [0.15, 0.2) is 30.5 Å². The number of carbonyl (C=O) groups is 1. The van der Waals surface area contributed by atoms with Gasteiger partial charge in [0.2, 0.25) is 5.95 Å². The maximum atomic E-state index is 11.5. The van der Waals surface area contributed by atoms with E-state index in [4.69, 9.17) is 11.6 Å². The molecule has 0 unspecified atom stereocenters. The van der Waals surface area contributed by atoms with Gasteiger partial charge in [-0.05, 0) is 20.2 Å². The normalized spacial score (nSPS) is 17.9. The molecule has 3 heterocycles. The van der Waals surface area contributed by atoms with Crippen molar-refractivity contribution in [2.24, 2.45) is 0 Å². The number of aromatic nitrogens is 2. The summed E-state index contributed by atoms with van der Waals surface area (Å²) in [5.74, 6) is -0.525. The molecule has 8 nitrogen and oxygen atoms in total. The lowest BCUT2D eigenvalue weighted by Gasteiger charge is -2.32. The smallest absolute Gasteiger partial charge is 0.339 e. The molecule has 0 saturated carbocycles. The Balaban J connectivity index is 0.000000310. The molecule has 0 radical (unpaired) electrons. The first kappa shape index (κ1) is 22.4. The summed E-state index contributed by atoms with van der Waals surface area (Å²) in [6.07, 6.45) is 1.36. The number of carboxylic acid groups (broad SMARTS) is 1. The van der Waals surface area contributed by atoms with Crippen LogP contribution in [0.25, 0.3) is 11.3 Å². The topological polar surface area (TPSA) is 84.8 Å². The number of hydrogen-bond donors (Lipinski definition) is 2. The zero-order valence-corrected chi connectivity index (χ0v) is 18.3. The maximum absolute atomic E-state index is 11.5. The maximum Gasteiger partial charge on any atom is 0.339 e. The van der Waals surface area contributed by atoms with Crippen LogP contribution in [0.5, 0.6) is 0 Å². The van der Waals surface area contributed by atoms with E-state index >= 15 is 0 Å². The Morgan fingerprint density at radius 1 is 1.03 bits per heavy atom. The van der Waals surface area contributed by atoms with E-state index in [2.05, 4.69) is 44.1 Å². The molecule has 1 aromatic carbocycles. The van der Waals surface area contributed by atoms with Crippen LogP contribution >= 0.6 is 11.6 Å². The van der Waals surface area contributed by atoms with Gasteiger partial charge >= 0.3 is 5.97 Å². The van der Waals surface area contributed by atoms with E-state index in [0.29, 0.717) is 22.2 Å². The summed E-state index contributed by atoms with van der Waals surface area (Å²) in [7, 11) is 4.22. The number of carboxylic acids is 1. The molecular formula is C21H29ClN6O2. The molecule has 2 saturated heterocycles. The van der Waals surface area contributed by atoms with Gasteiger partial charge < -0.3 is 25.1 Å². The van der Waals surface area contributed by atoms with Gasteiger partial charge in [-0.15, -0.1) is 0 Å². The molecule has 0 bridgehead atoms. The third-order valence-corrected chi connectivity index (χ3v) is 5.59. The van der Waals surface area contributed by atoms with E-state index in [1.54, 1.807) is 18.2 Å². The van der Waals surface area contributed by atoms with Crippen molar-refractivity contribution >= 4 is 23.5 Å². The van der Waals surface area contributed by atoms with E-state index in [0.717, 1.165) is 39.3 Å². The molecule has 162 valence electrons. The van der Waals surface area contributed by atoms with Crippen LogP contribution in [-0.4, -0.2) is 97.3 Å².